The lowest BCUT2D eigenvalue weighted by Gasteiger charge is -2.37. The molecule has 2 N–H and O–H groups in total. The molecule has 3 aromatic rings. The van der Waals surface area contributed by atoms with Crippen molar-refractivity contribution in [3.05, 3.63) is 51.4 Å². The second-order valence-electron chi connectivity index (χ2n) is 10.2. The van der Waals surface area contributed by atoms with Crippen LogP contribution in [0.2, 0.25) is 0 Å². The highest BCUT2D eigenvalue weighted by atomic mass is 32.1. The molecule has 1 aromatic carbocycles. The molecule has 0 spiro atoms. The summed E-state index contributed by atoms with van der Waals surface area (Å²) in [5.41, 5.74) is 1.41. The number of halogens is 1. The average molecular weight is 540 g/mol. The first-order chi connectivity index (χ1) is 18.2. The van der Waals surface area contributed by atoms with Crippen LogP contribution in [-0.2, 0) is 17.8 Å². The molecule has 1 fully saturated rings. The van der Waals surface area contributed by atoms with Crippen molar-refractivity contribution >= 4 is 40.0 Å². The van der Waals surface area contributed by atoms with Gasteiger partial charge in [0.15, 0.2) is 10.7 Å². The fourth-order valence-electron chi connectivity index (χ4n) is 5.11. The standard InChI is InChI=1S/C26H30FN7O3S/c1-33(2)26(37)15-5-7-17(28-23(35)21-10-14-4-6-16(27)12-19(14)31-32-21)20(11-15)29-24(36)25-30-18-8-9-34(3)13-22(18)38-25/h4,6,10,12,15,17,20H,5,7-9,11,13H2,1-3H3,(H,28,35)(H,29,36)/t15-,17-,20+/m0/s1. The molecule has 1 aliphatic carbocycles. The molecule has 0 saturated heterocycles. The quantitative estimate of drug-likeness (QED) is 0.509. The Balaban J connectivity index is 1.34. The lowest BCUT2D eigenvalue weighted by atomic mass is 9.81. The maximum atomic E-state index is 13.5. The zero-order valence-electron chi connectivity index (χ0n) is 21.5. The van der Waals surface area contributed by atoms with E-state index in [2.05, 4.69) is 30.7 Å². The minimum atomic E-state index is -0.472. The molecule has 38 heavy (non-hydrogen) atoms. The Morgan fingerprint density at radius 3 is 2.66 bits per heavy atom. The summed E-state index contributed by atoms with van der Waals surface area (Å²) in [5, 5.41) is 15.0. The van der Waals surface area contributed by atoms with Crippen LogP contribution < -0.4 is 10.6 Å². The van der Waals surface area contributed by atoms with Crippen LogP contribution in [0, 0.1) is 11.7 Å². The van der Waals surface area contributed by atoms with Crippen LogP contribution >= 0.6 is 11.3 Å². The van der Waals surface area contributed by atoms with Gasteiger partial charge in [0.2, 0.25) is 5.91 Å². The van der Waals surface area contributed by atoms with Crippen LogP contribution in [0.3, 0.4) is 0 Å². The van der Waals surface area contributed by atoms with E-state index >= 15 is 0 Å². The molecule has 3 atom stereocenters. The van der Waals surface area contributed by atoms with Crippen molar-refractivity contribution in [1.82, 2.24) is 35.6 Å². The Morgan fingerprint density at radius 1 is 1.08 bits per heavy atom. The van der Waals surface area contributed by atoms with Crippen LogP contribution in [0.1, 0.15) is 50.1 Å². The number of amides is 3. The number of aromatic nitrogens is 3. The summed E-state index contributed by atoms with van der Waals surface area (Å²) in [5.74, 6) is -1.45. The highest BCUT2D eigenvalue weighted by Gasteiger charge is 2.37. The summed E-state index contributed by atoms with van der Waals surface area (Å²) < 4.78 is 13.5. The molecular formula is C26H30FN7O3S. The molecule has 1 saturated carbocycles. The third-order valence-corrected chi connectivity index (χ3v) is 8.25. The van der Waals surface area contributed by atoms with Crippen LogP contribution in [-0.4, -0.2) is 82.5 Å². The monoisotopic (exact) mass is 539 g/mol. The zero-order chi connectivity index (χ0) is 27.0. The maximum Gasteiger partial charge on any atom is 0.280 e. The largest absolute Gasteiger partial charge is 0.349 e. The van der Waals surface area contributed by atoms with Gasteiger partial charge in [0.1, 0.15) is 5.82 Å². The second kappa shape index (κ2) is 10.7. The van der Waals surface area contributed by atoms with E-state index in [9.17, 15) is 18.8 Å². The van der Waals surface area contributed by atoms with Gasteiger partial charge >= 0.3 is 0 Å². The molecule has 12 heteroatoms. The fraction of sp³-hybridized carbons (Fsp3) is 0.462. The Kier molecular flexibility index (Phi) is 7.35. The Morgan fingerprint density at radius 2 is 1.87 bits per heavy atom. The Bertz CT molecular complexity index is 1390. The summed E-state index contributed by atoms with van der Waals surface area (Å²) in [6, 6.07) is 4.78. The molecule has 2 aliphatic rings. The molecular weight excluding hydrogens is 509 g/mol. The van der Waals surface area contributed by atoms with E-state index in [1.54, 1.807) is 31.1 Å². The van der Waals surface area contributed by atoms with Gasteiger partial charge in [-0.25, -0.2) is 9.37 Å². The van der Waals surface area contributed by atoms with Crippen molar-refractivity contribution in [3.63, 3.8) is 0 Å². The summed E-state index contributed by atoms with van der Waals surface area (Å²) >= 11 is 1.39. The molecule has 3 heterocycles. The van der Waals surface area contributed by atoms with Crippen LogP contribution in [0.25, 0.3) is 10.9 Å². The summed E-state index contributed by atoms with van der Waals surface area (Å²) in [7, 11) is 5.47. The lowest BCUT2D eigenvalue weighted by Crippen LogP contribution is -2.56. The first kappa shape index (κ1) is 26.1. The van der Waals surface area contributed by atoms with Gasteiger partial charge in [0.25, 0.3) is 11.8 Å². The third-order valence-electron chi connectivity index (χ3n) is 7.17. The molecule has 1 aliphatic heterocycles. The summed E-state index contributed by atoms with van der Waals surface area (Å²) in [6.45, 7) is 1.66. The van der Waals surface area contributed by atoms with Crippen LogP contribution in [0.15, 0.2) is 24.3 Å². The normalized spacial score (nSPS) is 21.5. The van der Waals surface area contributed by atoms with E-state index in [0.29, 0.717) is 35.2 Å². The van der Waals surface area contributed by atoms with Crippen molar-refractivity contribution in [3.8, 4) is 0 Å². The number of carbonyl (C=O) groups is 3. The van der Waals surface area contributed by atoms with E-state index in [4.69, 9.17) is 0 Å². The summed E-state index contributed by atoms with van der Waals surface area (Å²) in [4.78, 5) is 48.5. The van der Waals surface area contributed by atoms with Crippen LogP contribution in [0.4, 0.5) is 4.39 Å². The van der Waals surface area contributed by atoms with E-state index in [-0.39, 0.29) is 23.4 Å². The fourth-order valence-corrected chi connectivity index (χ4v) is 6.20. The molecule has 3 amide bonds. The van der Waals surface area contributed by atoms with Gasteiger partial charge in [-0.2, -0.15) is 0 Å². The predicted molar refractivity (Wildman–Crippen MR) is 140 cm³/mol. The molecule has 0 unspecified atom stereocenters. The average Bonchev–Trinajstić information content (AvgIpc) is 3.32. The number of carbonyl (C=O) groups excluding carboxylic acids is 3. The minimum absolute atomic E-state index is 0.00518. The smallest absolute Gasteiger partial charge is 0.280 e. The van der Waals surface area contributed by atoms with E-state index in [1.165, 1.54) is 23.5 Å². The number of likely N-dealkylation sites (N-methyl/N-ethyl adjacent to an activating group) is 1. The van der Waals surface area contributed by atoms with Gasteiger partial charge in [-0.05, 0) is 44.5 Å². The number of fused-ring (bicyclic) bond motifs is 2. The van der Waals surface area contributed by atoms with E-state index < -0.39 is 23.8 Å². The number of nitrogens with zero attached hydrogens (tertiary/aromatic N) is 5. The first-order valence-electron chi connectivity index (χ1n) is 12.6. The molecule has 2 aromatic heterocycles. The maximum absolute atomic E-state index is 13.5. The van der Waals surface area contributed by atoms with Crippen molar-refractivity contribution in [2.24, 2.45) is 5.92 Å². The van der Waals surface area contributed by atoms with Crippen molar-refractivity contribution in [2.75, 3.05) is 27.7 Å². The van der Waals surface area contributed by atoms with Gasteiger partial charge < -0.3 is 20.4 Å². The van der Waals surface area contributed by atoms with Gasteiger partial charge in [-0.15, -0.1) is 21.5 Å². The van der Waals surface area contributed by atoms with Gasteiger partial charge in [-0.3, -0.25) is 14.4 Å². The highest BCUT2D eigenvalue weighted by Crippen LogP contribution is 2.28. The van der Waals surface area contributed by atoms with Crippen molar-refractivity contribution in [2.45, 2.75) is 44.3 Å². The van der Waals surface area contributed by atoms with Gasteiger partial charge in [-0.1, -0.05) is 0 Å². The Hall–Kier alpha value is -3.51. The number of hydrogen-bond acceptors (Lipinski definition) is 8. The first-order valence-corrected chi connectivity index (χ1v) is 13.4. The highest BCUT2D eigenvalue weighted by molar-refractivity contribution is 7.13. The second-order valence-corrected chi connectivity index (χ2v) is 11.3. The van der Waals surface area contributed by atoms with Crippen molar-refractivity contribution in [1.29, 1.82) is 0 Å². The van der Waals surface area contributed by atoms with Crippen LogP contribution in [0.5, 0.6) is 0 Å². The van der Waals surface area contributed by atoms with Gasteiger partial charge in [0, 0.05) is 61.9 Å². The minimum Gasteiger partial charge on any atom is -0.349 e. The zero-order valence-corrected chi connectivity index (χ0v) is 22.3. The predicted octanol–water partition coefficient (Wildman–Crippen LogP) is 2.00. The number of rotatable bonds is 5. The molecule has 5 rings (SSSR count). The third kappa shape index (κ3) is 5.51. The summed E-state index contributed by atoms with van der Waals surface area (Å²) in [6.07, 6.45) is 2.28. The number of nitrogens with one attached hydrogen (secondary N) is 2. The van der Waals surface area contributed by atoms with E-state index in [0.717, 1.165) is 30.1 Å². The number of hydrogen-bond donors (Lipinski definition) is 2. The van der Waals surface area contributed by atoms with Gasteiger partial charge in [0.05, 0.1) is 17.3 Å². The molecule has 0 radical (unpaired) electrons. The topological polar surface area (TPSA) is 120 Å². The number of thiazole rings is 1. The molecule has 10 nitrogen and oxygen atoms in total. The SMILES string of the molecule is CN1CCc2nc(C(=O)N[C@@H]3C[C@@H](C(=O)N(C)C)CC[C@@H]3NC(=O)c3cc4ccc(F)cc4nn3)sc2C1. The number of benzene rings is 1. The molecule has 200 valence electrons. The molecule has 0 bridgehead atoms. The van der Waals surface area contributed by atoms with E-state index in [1.807, 2.05) is 7.05 Å². The van der Waals surface area contributed by atoms with Crippen molar-refractivity contribution < 1.29 is 18.8 Å². The Labute approximate surface area is 223 Å². The lowest BCUT2D eigenvalue weighted by molar-refractivity contribution is -0.134.